The number of nitrogens with zero attached hydrogens (tertiary/aromatic N) is 4. The van der Waals surface area contributed by atoms with Crippen LogP contribution in [0.25, 0.3) is 0 Å². The van der Waals surface area contributed by atoms with E-state index in [9.17, 15) is 0 Å². The first-order valence-electron chi connectivity index (χ1n) is 8.32. The fourth-order valence-corrected chi connectivity index (χ4v) is 3.24. The van der Waals surface area contributed by atoms with Gasteiger partial charge in [-0.2, -0.15) is 5.26 Å². The van der Waals surface area contributed by atoms with Crippen LogP contribution in [0.5, 0.6) is 0 Å². The van der Waals surface area contributed by atoms with Gasteiger partial charge in [-0.3, -0.25) is 9.80 Å². The van der Waals surface area contributed by atoms with E-state index in [-0.39, 0.29) is 0 Å². The largest absolute Gasteiger partial charge is 0.384 e. The van der Waals surface area contributed by atoms with E-state index in [1.165, 1.54) is 11.1 Å². The van der Waals surface area contributed by atoms with Gasteiger partial charge in [0.05, 0.1) is 11.6 Å². The highest BCUT2D eigenvalue weighted by Gasteiger charge is 2.22. The van der Waals surface area contributed by atoms with Gasteiger partial charge in [0, 0.05) is 45.0 Å². The van der Waals surface area contributed by atoms with E-state index >= 15 is 0 Å². The molecule has 5 nitrogen and oxygen atoms in total. The summed E-state index contributed by atoms with van der Waals surface area (Å²) in [5.41, 5.74) is 8.91. The van der Waals surface area contributed by atoms with Gasteiger partial charge in [-0.25, -0.2) is 4.98 Å². The minimum atomic E-state index is 0.331. The Bertz CT molecular complexity index is 729. The van der Waals surface area contributed by atoms with Crippen molar-refractivity contribution in [3.05, 3.63) is 59.3 Å². The molecule has 2 heterocycles. The molecule has 2 aromatic rings. The van der Waals surface area contributed by atoms with E-state index < -0.39 is 0 Å². The van der Waals surface area contributed by atoms with Crippen LogP contribution in [-0.4, -0.2) is 41.0 Å². The Morgan fingerprint density at radius 3 is 2.71 bits per heavy atom. The highest BCUT2D eigenvalue weighted by Crippen LogP contribution is 2.23. The number of rotatable bonds is 4. The number of hydrogen-bond acceptors (Lipinski definition) is 5. The first kappa shape index (κ1) is 16.4. The number of benzene rings is 1. The van der Waals surface area contributed by atoms with Gasteiger partial charge in [0.1, 0.15) is 5.82 Å². The predicted molar refractivity (Wildman–Crippen MR) is 95.1 cm³/mol. The molecule has 1 fully saturated rings. The Labute approximate surface area is 143 Å². The second kappa shape index (κ2) is 7.43. The summed E-state index contributed by atoms with van der Waals surface area (Å²) in [6.45, 7) is 7.25. The smallest absolute Gasteiger partial charge is 0.123 e. The Hall–Kier alpha value is -2.42. The fourth-order valence-electron chi connectivity index (χ4n) is 3.24. The van der Waals surface area contributed by atoms with Gasteiger partial charge >= 0.3 is 0 Å². The van der Waals surface area contributed by atoms with Crippen LogP contribution in [0.2, 0.25) is 0 Å². The van der Waals surface area contributed by atoms with Crippen molar-refractivity contribution in [3.8, 4) is 6.07 Å². The summed E-state index contributed by atoms with van der Waals surface area (Å²) in [5, 5.41) is 9.06. The van der Waals surface area contributed by atoms with Crippen LogP contribution in [0.3, 0.4) is 0 Å². The molecule has 0 amide bonds. The molecule has 1 aliphatic heterocycles. The zero-order valence-electron chi connectivity index (χ0n) is 14.0. The third kappa shape index (κ3) is 3.91. The molecule has 1 aromatic carbocycles. The normalized spacial score (nSPS) is 17.3. The molecular formula is C19H23N5. The molecule has 1 unspecified atom stereocenters. The van der Waals surface area contributed by atoms with Gasteiger partial charge in [-0.1, -0.05) is 12.1 Å². The molecule has 1 aliphatic rings. The lowest BCUT2D eigenvalue weighted by molar-refractivity contribution is 0.0978. The van der Waals surface area contributed by atoms with Crippen molar-refractivity contribution in [1.29, 1.82) is 5.26 Å². The van der Waals surface area contributed by atoms with Crippen molar-refractivity contribution in [3.63, 3.8) is 0 Å². The summed E-state index contributed by atoms with van der Waals surface area (Å²) in [4.78, 5) is 8.97. The lowest BCUT2D eigenvalue weighted by Crippen LogP contribution is -2.46. The van der Waals surface area contributed by atoms with Crippen LogP contribution < -0.4 is 5.73 Å². The molecule has 24 heavy (non-hydrogen) atoms. The summed E-state index contributed by atoms with van der Waals surface area (Å²) >= 11 is 0. The summed E-state index contributed by atoms with van der Waals surface area (Å²) in [6.07, 6.45) is 1.77. The number of nitrogen functional groups attached to an aromatic ring is 1. The molecule has 124 valence electrons. The average Bonchev–Trinajstić information content (AvgIpc) is 2.62. The van der Waals surface area contributed by atoms with Crippen LogP contribution in [-0.2, 0) is 6.54 Å². The molecule has 0 spiro atoms. The Morgan fingerprint density at radius 1 is 1.21 bits per heavy atom. The molecule has 0 saturated carbocycles. The minimum absolute atomic E-state index is 0.331. The summed E-state index contributed by atoms with van der Waals surface area (Å²) in [5.74, 6) is 0.581. The van der Waals surface area contributed by atoms with E-state index in [2.05, 4.69) is 33.8 Å². The van der Waals surface area contributed by atoms with Crippen molar-refractivity contribution in [2.24, 2.45) is 0 Å². The van der Waals surface area contributed by atoms with Gasteiger partial charge in [0.15, 0.2) is 0 Å². The molecule has 1 atom stereocenters. The second-order valence-corrected chi connectivity index (χ2v) is 6.31. The molecule has 3 rings (SSSR count). The molecule has 5 heteroatoms. The molecule has 2 N–H and O–H groups in total. The number of aromatic nitrogens is 1. The molecule has 0 radical (unpaired) electrons. The molecule has 1 aromatic heterocycles. The number of piperazine rings is 1. The first-order valence-corrected chi connectivity index (χ1v) is 8.32. The average molecular weight is 321 g/mol. The quantitative estimate of drug-likeness (QED) is 0.936. The van der Waals surface area contributed by atoms with Crippen LogP contribution in [0.15, 0.2) is 42.6 Å². The fraction of sp³-hybridized carbons (Fsp3) is 0.368. The maximum atomic E-state index is 9.06. The van der Waals surface area contributed by atoms with Crippen LogP contribution in [0.4, 0.5) is 5.82 Å². The van der Waals surface area contributed by atoms with E-state index in [0.29, 0.717) is 11.9 Å². The lowest BCUT2D eigenvalue weighted by Gasteiger charge is -2.38. The summed E-state index contributed by atoms with van der Waals surface area (Å²) < 4.78 is 0. The van der Waals surface area contributed by atoms with Gasteiger partial charge in [-0.15, -0.1) is 0 Å². The van der Waals surface area contributed by atoms with Crippen LogP contribution in [0.1, 0.15) is 29.7 Å². The maximum absolute atomic E-state index is 9.06. The summed E-state index contributed by atoms with van der Waals surface area (Å²) in [7, 11) is 0. The highest BCUT2D eigenvalue weighted by molar-refractivity contribution is 5.34. The second-order valence-electron chi connectivity index (χ2n) is 6.31. The van der Waals surface area contributed by atoms with Crippen molar-refractivity contribution in [2.75, 3.05) is 31.9 Å². The number of nitriles is 1. The number of pyridine rings is 1. The molecule has 0 aliphatic carbocycles. The Morgan fingerprint density at radius 2 is 2.00 bits per heavy atom. The third-order valence-electron chi connectivity index (χ3n) is 4.70. The van der Waals surface area contributed by atoms with Crippen molar-refractivity contribution in [1.82, 2.24) is 14.8 Å². The first-order chi connectivity index (χ1) is 11.7. The van der Waals surface area contributed by atoms with Crippen molar-refractivity contribution >= 4 is 5.82 Å². The van der Waals surface area contributed by atoms with E-state index in [1.807, 2.05) is 30.3 Å². The number of anilines is 1. The lowest BCUT2D eigenvalue weighted by atomic mass is 10.0. The van der Waals surface area contributed by atoms with Crippen LogP contribution in [0, 0.1) is 11.3 Å². The van der Waals surface area contributed by atoms with Gasteiger partial charge < -0.3 is 5.73 Å². The van der Waals surface area contributed by atoms with Crippen molar-refractivity contribution < 1.29 is 0 Å². The Balaban J connectivity index is 1.57. The van der Waals surface area contributed by atoms with E-state index in [0.717, 1.165) is 38.3 Å². The zero-order chi connectivity index (χ0) is 16.9. The SMILES string of the molecule is CC(c1cccc(C#N)c1)N1CCN(Cc2ccnc(N)c2)CC1. The number of hydrogen-bond donors (Lipinski definition) is 1. The monoisotopic (exact) mass is 321 g/mol. The number of nitrogens with two attached hydrogens (primary N) is 1. The zero-order valence-corrected chi connectivity index (χ0v) is 14.0. The predicted octanol–water partition coefficient (Wildman–Crippen LogP) is 2.41. The minimum Gasteiger partial charge on any atom is -0.384 e. The third-order valence-corrected chi connectivity index (χ3v) is 4.70. The van der Waals surface area contributed by atoms with E-state index in [4.69, 9.17) is 11.0 Å². The topological polar surface area (TPSA) is 69.2 Å². The highest BCUT2D eigenvalue weighted by atomic mass is 15.3. The van der Waals surface area contributed by atoms with Gasteiger partial charge in [0.2, 0.25) is 0 Å². The van der Waals surface area contributed by atoms with Gasteiger partial charge in [-0.05, 0) is 42.3 Å². The summed E-state index contributed by atoms with van der Waals surface area (Å²) in [6, 6.07) is 14.5. The molecule has 0 bridgehead atoms. The molecular weight excluding hydrogens is 298 g/mol. The maximum Gasteiger partial charge on any atom is 0.123 e. The standard InChI is InChI=1S/C19H23N5/c1-15(18-4-2-3-16(11-18)13-20)24-9-7-23(8-10-24)14-17-5-6-22-19(21)12-17/h2-6,11-12,15H,7-10,14H2,1H3,(H2,21,22). The van der Waals surface area contributed by atoms with Crippen LogP contribution >= 0.6 is 0 Å². The van der Waals surface area contributed by atoms with Gasteiger partial charge in [0.25, 0.3) is 0 Å². The Kier molecular flexibility index (Phi) is 5.09. The van der Waals surface area contributed by atoms with Crippen molar-refractivity contribution in [2.45, 2.75) is 19.5 Å². The van der Waals surface area contributed by atoms with E-state index in [1.54, 1.807) is 6.20 Å². The molecule has 1 saturated heterocycles.